The molecule has 1 N–H and O–H groups in total. The third-order valence-corrected chi connectivity index (χ3v) is 7.15. The highest BCUT2D eigenvalue weighted by Gasteiger charge is 2.29. The van der Waals surface area contributed by atoms with Crippen LogP contribution in [0.4, 0.5) is 10.5 Å². The number of amides is 2. The van der Waals surface area contributed by atoms with E-state index in [-0.39, 0.29) is 50.7 Å². The molecular formula is C30H37N3O8. The van der Waals surface area contributed by atoms with E-state index in [4.69, 9.17) is 19.0 Å². The van der Waals surface area contributed by atoms with Crippen molar-refractivity contribution in [3.8, 4) is 5.75 Å². The number of fused-ring (bicyclic) bond motifs is 1. The van der Waals surface area contributed by atoms with Gasteiger partial charge in [0.25, 0.3) is 0 Å². The first-order chi connectivity index (χ1) is 19.9. The normalized spacial score (nSPS) is 16.2. The van der Waals surface area contributed by atoms with E-state index in [1.165, 1.54) is 4.90 Å². The summed E-state index contributed by atoms with van der Waals surface area (Å²) in [6.45, 7) is 3.15. The van der Waals surface area contributed by atoms with Crippen molar-refractivity contribution in [2.45, 2.75) is 51.7 Å². The molecule has 0 bridgehead atoms. The number of esters is 1. The Bertz CT molecular complexity index is 1180. The number of anilines is 1. The molecule has 0 aromatic heterocycles. The number of nitrogens with one attached hydrogen (secondary N) is 1. The summed E-state index contributed by atoms with van der Waals surface area (Å²) in [5, 5.41) is 0. The average Bonchev–Trinajstić information content (AvgIpc) is 3.15. The highest BCUT2D eigenvalue weighted by molar-refractivity contribution is 5.99. The lowest BCUT2D eigenvalue weighted by atomic mass is 9.91. The molecule has 2 aromatic rings. The third kappa shape index (κ3) is 8.68. The van der Waals surface area contributed by atoms with Gasteiger partial charge in [0, 0.05) is 13.1 Å². The molecule has 4 rings (SSSR count). The van der Waals surface area contributed by atoms with Gasteiger partial charge in [-0.2, -0.15) is 0 Å². The maximum absolute atomic E-state index is 12.7. The predicted octanol–water partition coefficient (Wildman–Crippen LogP) is 3.61. The van der Waals surface area contributed by atoms with Crippen molar-refractivity contribution in [1.82, 2.24) is 10.4 Å². The summed E-state index contributed by atoms with van der Waals surface area (Å²) < 4.78 is 16.2. The smallest absolute Gasteiger partial charge is 0.410 e. The quantitative estimate of drug-likeness (QED) is 0.246. The lowest BCUT2D eigenvalue weighted by molar-refractivity contribution is -0.160. The van der Waals surface area contributed by atoms with E-state index in [0.29, 0.717) is 37.4 Å². The Labute approximate surface area is 239 Å². The Morgan fingerprint density at radius 3 is 2.51 bits per heavy atom. The highest BCUT2D eigenvalue weighted by atomic mass is 16.7. The van der Waals surface area contributed by atoms with E-state index in [0.717, 1.165) is 18.4 Å². The first-order valence-electron chi connectivity index (χ1n) is 14.0. The molecule has 2 aromatic carbocycles. The van der Waals surface area contributed by atoms with Crippen LogP contribution in [0.25, 0.3) is 0 Å². The molecule has 1 saturated heterocycles. The molecule has 220 valence electrons. The van der Waals surface area contributed by atoms with Gasteiger partial charge in [0.05, 0.1) is 25.3 Å². The van der Waals surface area contributed by atoms with Crippen LogP contribution in [0.1, 0.15) is 44.6 Å². The first-order valence-corrected chi connectivity index (χ1v) is 14.0. The van der Waals surface area contributed by atoms with Crippen molar-refractivity contribution in [2.24, 2.45) is 5.92 Å². The summed E-state index contributed by atoms with van der Waals surface area (Å²) in [7, 11) is 0. The van der Waals surface area contributed by atoms with Crippen LogP contribution in [0.3, 0.4) is 0 Å². The number of carbonyl (C=O) groups excluding carboxylic acids is 4. The van der Waals surface area contributed by atoms with Crippen molar-refractivity contribution >= 4 is 29.6 Å². The summed E-state index contributed by atoms with van der Waals surface area (Å²) in [5.41, 5.74) is 4.00. The van der Waals surface area contributed by atoms with Crippen molar-refractivity contribution in [3.05, 3.63) is 60.2 Å². The predicted molar refractivity (Wildman–Crippen MR) is 149 cm³/mol. The van der Waals surface area contributed by atoms with E-state index >= 15 is 0 Å². The summed E-state index contributed by atoms with van der Waals surface area (Å²) in [4.78, 5) is 58.6. The van der Waals surface area contributed by atoms with Crippen LogP contribution in [0.15, 0.2) is 54.6 Å². The Morgan fingerprint density at radius 2 is 1.76 bits per heavy atom. The van der Waals surface area contributed by atoms with Gasteiger partial charge in [0.15, 0.2) is 0 Å². The average molecular weight is 568 g/mol. The van der Waals surface area contributed by atoms with E-state index in [2.05, 4.69) is 5.48 Å². The molecule has 11 heteroatoms. The van der Waals surface area contributed by atoms with Gasteiger partial charge in [-0.15, -0.1) is 5.48 Å². The fraction of sp³-hybridized carbons (Fsp3) is 0.467. The molecule has 11 nitrogen and oxygen atoms in total. The van der Waals surface area contributed by atoms with E-state index in [1.807, 2.05) is 30.3 Å². The number of rotatable bonds is 11. The standard InChI is InChI=1S/C30H37N3O8/c1-2-38-29(36)24(31-41-28(35)20-33-25-10-6-7-11-26(25)39-19-16-27(33)34)13-12-22-14-17-32(18-15-22)30(37)40-21-23-8-4-3-5-9-23/h3-11,22,24,31H,2,12-21H2,1H3. The number of likely N-dealkylation sites (tertiary alicyclic amines) is 1. The highest BCUT2D eigenvalue weighted by Crippen LogP contribution is 2.31. The molecule has 1 unspecified atom stereocenters. The van der Waals surface area contributed by atoms with Gasteiger partial charge in [0.2, 0.25) is 5.91 Å². The molecule has 1 fully saturated rings. The fourth-order valence-corrected chi connectivity index (χ4v) is 4.88. The van der Waals surface area contributed by atoms with Gasteiger partial charge < -0.3 is 23.9 Å². The topological polar surface area (TPSA) is 124 Å². The second-order valence-corrected chi connectivity index (χ2v) is 9.99. The Morgan fingerprint density at radius 1 is 1.02 bits per heavy atom. The van der Waals surface area contributed by atoms with Crippen molar-refractivity contribution in [3.63, 3.8) is 0 Å². The van der Waals surface area contributed by atoms with Crippen LogP contribution in [0, 0.1) is 5.92 Å². The third-order valence-electron chi connectivity index (χ3n) is 7.15. The fourth-order valence-electron chi connectivity index (χ4n) is 4.88. The van der Waals surface area contributed by atoms with Crippen molar-refractivity contribution < 1.29 is 38.2 Å². The zero-order valence-corrected chi connectivity index (χ0v) is 23.3. The number of ether oxygens (including phenoxy) is 3. The van der Waals surface area contributed by atoms with Gasteiger partial charge in [-0.05, 0) is 56.2 Å². The lowest BCUT2D eigenvalue weighted by Gasteiger charge is -2.31. The second-order valence-electron chi connectivity index (χ2n) is 9.99. The lowest BCUT2D eigenvalue weighted by Crippen LogP contribution is -2.43. The molecule has 2 heterocycles. The van der Waals surface area contributed by atoms with Gasteiger partial charge in [0.1, 0.15) is 24.9 Å². The Balaban J connectivity index is 1.23. The minimum atomic E-state index is -0.858. The second kappa shape index (κ2) is 15.0. The summed E-state index contributed by atoms with van der Waals surface area (Å²) in [6, 6.07) is 15.7. The van der Waals surface area contributed by atoms with Crippen LogP contribution in [-0.2, 0) is 35.3 Å². The van der Waals surface area contributed by atoms with Gasteiger partial charge in [-0.1, -0.05) is 42.5 Å². The van der Waals surface area contributed by atoms with E-state index < -0.39 is 18.0 Å². The number of benzene rings is 2. The van der Waals surface area contributed by atoms with Gasteiger partial charge >= 0.3 is 18.0 Å². The monoisotopic (exact) mass is 567 g/mol. The number of hydrogen-bond donors (Lipinski definition) is 1. The van der Waals surface area contributed by atoms with Crippen molar-refractivity contribution in [2.75, 3.05) is 37.7 Å². The molecule has 2 aliphatic rings. The van der Waals surface area contributed by atoms with Gasteiger partial charge in [-0.25, -0.2) is 9.59 Å². The molecule has 0 spiro atoms. The summed E-state index contributed by atoms with van der Waals surface area (Å²) in [6.07, 6.45) is 2.40. The molecule has 2 aliphatic heterocycles. The zero-order valence-electron chi connectivity index (χ0n) is 23.3. The van der Waals surface area contributed by atoms with E-state index in [9.17, 15) is 19.2 Å². The Hall–Kier alpha value is -4.12. The number of para-hydroxylation sites is 2. The summed E-state index contributed by atoms with van der Waals surface area (Å²) in [5.74, 6) is -0.699. The minimum absolute atomic E-state index is 0.129. The van der Waals surface area contributed by atoms with Crippen LogP contribution >= 0.6 is 0 Å². The summed E-state index contributed by atoms with van der Waals surface area (Å²) >= 11 is 0. The SMILES string of the molecule is CCOC(=O)C(CCC1CCN(C(=O)OCc2ccccc2)CC1)NOC(=O)CN1C(=O)CCOc2ccccc21. The molecular weight excluding hydrogens is 530 g/mol. The van der Waals surface area contributed by atoms with Crippen LogP contribution in [-0.4, -0.2) is 67.7 Å². The minimum Gasteiger partial charge on any atom is -0.491 e. The first kappa shape index (κ1) is 29.9. The molecule has 0 saturated carbocycles. The number of carbonyl (C=O) groups is 4. The molecule has 0 aliphatic carbocycles. The molecule has 1 atom stereocenters. The van der Waals surface area contributed by atoms with Crippen LogP contribution in [0.2, 0.25) is 0 Å². The maximum atomic E-state index is 12.7. The number of hydroxylamine groups is 1. The number of piperidine rings is 1. The maximum Gasteiger partial charge on any atom is 0.410 e. The molecule has 2 amide bonds. The van der Waals surface area contributed by atoms with Gasteiger partial charge in [-0.3, -0.25) is 14.5 Å². The van der Waals surface area contributed by atoms with Crippen LogP contribution in [0.5, 0.6) is 5.75 Å². The van der Waals surface area contributed by atoms with E-state index in [1.54, 1.807) is 36.1 Å². The largest absolute Gasteiger partial charge is 0.491 e. The molecule has 41 heavy (non-hydrogen) atoms. The number of hydrogen-bond acceptors (Lipinski definition) is 9. The zero-order chi connectivity index (χ0) is 29.0. The number of nitrogens with zero attached hydrogens (tertiary/aromatic N) is 2. The van der Waals surface area contributed by atoms with Crippen molar-refractivity contribution in [1.29, 1.82) is 0 Å². The molecule has 0 radical (unpaired) electrons. The Kier molecular flexibility index (Phi) is 10.9. The van der Waals surface area contributed by atoms with Crippen LogP contribution < -0.4 is 15.1 Å².